The van der Waals surface area contributed by atoms with Gasteiger partial charge in [-0.2, -0.15) is 0 Å². The molecular weight excluding hydrogens is 348 g/mol. The maximum Gasteiger partial charge on any atom is 0.307 e. The quantitative estimate of drug-likeness (QED) is 0.803. The zero-order chi connectivity index (χ0) is 18.4. The Bertz CT molecular complexity index is 900. The minimum absolute atomic E-state index is 0.0127. The van der Waals surface area contributed by atoms with Crippen molar-refractivity contribution in [1.82, 2.24) is 4.98 Å². The van der Waals surface area contributed by atoms with Crippen molar-refractivity contribution in [3.05, 3.63) is 46.9 Å². The van der Waals surface area contributed by atoms with Crippen LogP contribution in [0.4, 0.5) is 5.13 Å². The molecule has 1 aromatic carbocycles. The van der Waals surface area contributed by atoms with E-state index in [4.69, 9.17) is 0 Å². The van der Waals surface area contributed by atoms with Crippen molar-refractivity contribution in [2.24, 2.45) is 23.7 Å². The highest BCUT2D eigenvalue weighted by atomic mass is 32.1. The van der Waals surface area contributed by atoms with E-state index < -0.39 is 17.8 Å². The number of aliphatic carboxylic acids is 1. The molecule has 1 amide bonds. The largest absolute Gasteiger partial charge is 0.481 e. The number of nitrogens with zero attached hydrogens (tertiary/aromatic N) is 1. The number of amides is 1. The van der Waals surface area contributed by atoms with Gasteiger partial charge in [-0.1, -0.05) is 42.0 Å². The fourth-order valence-electron chi connectivity index (χ4n) is 4.13. The highest BCUT2D eigenvalue weighted by Gasteiger charge is 2.51. The Labute approximate surface area is 155 Å². The molecule has 2 aromatic rings. The summed E-state index contributed by atoms with van der Waals surface area (Å²) in [6, 6.07) is 8.10. The molecule has 2 aliphatic carbocycles. The van der Waals surface area contributed by atoms with Gasteiger partial charge in [0.1, 0.15) is 0 Å². The number of benzene rings is 1. The Morgan fingerprint density at radius 2 is 1.77 bits per heavy atom. The van der Waals surface area contributed by atoms with Gasteiger partial charge in [0.05, 0.1) is 17.5 Å². The van der Waals surface area contributed by atoms with E-state index in [2.05, 4.69) is 10.3 Å². The van der Waals surface area contributed by atoms with Gasteiger partial charge >= 0.3 is 5.97 Å². The molecule has 1 fully saturated rings. The molecule has 2 aliphatic rings. The molecule has 5 nitrogen and oxygen atoms in total. The summed E-state index contributed by atoms with van der Waals surface area (Å²) < 4.78 is 0. The van der Waals surface area contributed by atoms with Crippen LogP contribution in [0.2, 0.25) is 0 Å². The van der Waals surface area contributed by atoms with Crippen molar-refractivity contribution in [3.63, 3.8) is 0 Å². The third-order valence-electron chi connectivity index (χ3n) is 5.40. The number of aryl methyl sites for hydroxylation is 2. The maximum atomic E-state index is 12.8. The molecule has 4 atom stereocenters. The van der Waals surface area contributed by atoms with E-state index in [-0.39, 0.29) is 17.7 Å². The van der Waals surface area contributed by atoms with Crippen LogP contribution in [0.1, 0.15) is 16.9 Å². The maximum absolute atomic E-state index is 12.8. The monoisotopic (exact) mass is 368 g/mol. The molecule has 0 unspecified atom stereocenters. The van der Waals surface area contributed by atoms with Crippen molar-refractivity contribution in [3.8, 4) is 11.3 Å². The van der Waals surface area contributed by atoms with Crippen molar-refractivity contribution in [1.29, 1.82) is 0 Å². The molecule has 2 bridgehead atoms. The van der Waals surface area contributed by atoms with Crippen LogP contribution >= 0.6 is 11.3 Å². The molecule has 4 rings (SSSR count). The second-order valence-electron chi connectivity index (χ2n) is 7.12. The number of allylic oxidation sites excluding steroid dienone is 2. The Hall–Kier alpha value is -2.47. The molecular formula is C20H20N2O3S. The van der Waals surface area contributed by atoms with Gasteiger partial charge in [0, 0.05) is 10.4 Å². The molecule has 6 heteroatoms. The summed E-state index contributed by atoms with van der Waals surface area (Å²) in [6.07, 6.45) is 4.68. The summed E-state index contributed by atoms with van der Waals surface area (Å²) in [4.78, 5) is 30.0. The number of carbonyl (C=O) groups is 2. The number of anilines is 1. The zero-order valence-electron chi connectivity index (χ0n) is 14.6. The van der Waals surface area contributed by atoms with E-state index in [0.717, 1.165) is 22.6 Å². The van der Waals surface area contributed by atoms with E-state index >= 15 is 0 Å². The predicted molar refractivity (Wildman–Crippen MR) is 101 cm³/mol. The number of thiazole rings is 1. The minimum Gasteiger partial charge on any atom is -0.481 e. The van der Waals surface area contributed by atoms with Crippen LogP contribution in [-0.2, 0) is 9.59 Å². The van der Waals surface area contributed by atoms with Crippen LogP contribution in [0.3, 0.4) is 0 Å². The standard InChI is InChI=1S/C20H20N2O3S/c1-10-3-5-12(6-4-10)17-11(2)26-20(21-17)22-18(23)15-13-7-8-14(9-13)16(15)19(24)25/h3-8,13-16H,9H2,1-2H3,(H,24,25)(H,21,22,23)/t13-,14-,15-,16-/m0/s1. The van der Waals surface area contributed by atoms with Crippen molar-refractivity contribution >= 4 is 28.3 Å². The summed E-state index contributed by atoms with van der Waals surface area (Å²) in [5, 5.41) is 12.9. The van der Waals surface area contributed by atoms with E-state index in [9.17, 15) is 14.7 Å². The first-order chi connectivity index (χ1) is 12.4. The molecule has 1 saturated carbocycles. The Kier molecular flexibility index (Phi) is 4.15. The van der Waals surface area contributed by atoms with E-state index in [1.54, 1.807) is 0 Å². The first-order valence-electron chi connectivity index (χ1n) is 8.70. The molecule has 0 spiro atoms. The lowest BCUT2D eigenvalue weighted by atomic mass is 9.82. The van der Waals surface area contributed by atoms with Gasteiger partial charge in [-0.15, -0.1) is 11.3 Å². The SMILES string of the molecule is Cc1ccc(-c2nc(NC(=O)[C@@H]3[C@@H](C(=O)O)[C@H]4C=C[C@H]3C4)sc2C)cc1. The highest BCUT2D eigenvalue weighted by Crippen LogP contribution is 2.48. The van der Waals surface area contributed by atoms with Crippen LogP contribution in [0.15, 0.2) is 36.4 Å². The van der Waals surface area contributed by atoms with E-state index in [1.807, 2.05) is 50.3 Å². The van der Waals surface area contributed by atoms with Gasteiger partial charge < -0.3 is 10.4 Å². The van der Waals surface area contributed by atoms with E-state index in [0.29, 0.717) is 5.13 Å². The number of rotatable bonds is 4. The molecule has 134 valence electrons. The van der Waals surface area contributed by atoms with Crippen LogP contribution < -0.4 is 5.32 Å². The average Bonchev–Trinajstić information content (AvgIpc) is 3.29. The number of carbonyl (C=O) groups excluding carboxylic acids is 1. The molecule has 1 heterocycles. The number of fused-ring (bicyclic) bond motifs is 2. The number of carboxylic acid groups (broad SMARTS) is 1. The van der Waals surface area contributed by atoms with Crippen LogP contribution in [-0.4, -0.2) is 22.0 Å². The summed E-state index contributed by atoms with van der Waals surface area (Å²) >= 11 is 1.42. The lowest BCUT2D eigenvalue weighted by Crippen LogP contribution is -2.36. The zero-order valence-corrected chi connectivity index (χ0v) is 15.4. The third kappa shape index (κ3) is 2.84. The Balaban J connectivity index is 1.55. The first-order valence-corrected chi connectivity index (χ1v) is 9.52. The minimum atomic E-state index is -0.891. The second-order valence-corrected chi connectivity index (χ2v) is 8.32. The Morgan fingerprint density at radius 1 is 1.12 bits per heavy atom. The lowest BCUT2D eigenvalue weighted by molar-refractivity contribution is -0.146. The average molecular weight is 368 g/mol. The predicted octanol–water partition coefficient (Wildman–Crippen LogP) is 3.89. The summed E-state index contributed by atoms with van der Waals surface area (Å²) in [5.41, 5.74) is 3.04. The van der Waals surface area contributed by atoms with Crippen LogP contribution in [0.5, 0.6) is 0 Å². The topological polar surface area (TPSA) is 79.3 Å². The fraction of sp³-hybridized carbons (Fsp3) is 0.350. The second kappa shape index (κ2) is 6.36. The van der Waals surface area contributed by atoms with Crippen LogP contribution in [0.25, 0.3) is 11.3 Å². The van der Waals surface area contributed by atoms with Crippen molar-refractivity contribution < 1.29 is 14.7 Å². The number of hydrogen-bond acceptors (Lipinski definition) is 4. The third-order valence-corrected chi connectivity index (χ3v) is 6.29. The van der Waals surface area contributed by atoms with Crippen LogP contribution in [0, 0.1) is 37.5 Å². The van der Waals surface area contributed by atoms with Gasteiger partial charge in [-0.25, -0.2) is 4.98 Å². The van der Waals surface area contributed by atoms with Crippen molar-refractivity contribution in [2.75, 3.05) is 5.32 Å². The van der Waals surface area contributed by atoms with Crippen molar-refractivity contribution in [2.45, 2.75) is 20.3 Å². The molecule has 2 N–H and O–H groups in total. The molecule has 26 heavy (non-hydrogen) atoms. The summed E-state index contributed by atoms with van der Waals surface area (Å²) in [7, 11) is 0. The number of carboxylic acids is 1. The number of nitrogens with one attached hydrogen (secondary N) is 1. The Morgan fingerprint density at radius 3 is 2.42 bits per heavy atom. The molecule has 0 radical (unpaired) electrons. The number of hydrogen-bond donors (Lipinski definition) is 2. The smallest absolute Gasteiger partial charge is 0.307 e. The van der Waals surface area contributed by atoms with Gasteiger partial charge in [0.15, 0.2) is 5.13 Å². The van der Waals surface area contributed by atoms with E-state index in [1.165, 1.54) is 16.9 Å². The van der Waals surface area contributed by atoms with Gasteiger partial charge in [-0.3, -0.25) is 9.59 Å². The van der Waals surface area contributed by atoms with Gasteiger partial charge in [0.2, 0.25) is 5.91 Å². The van der Waals surface area contributed by atoms with Gasteiger partial charge in [0.25, 0.3) is 0 Å². The summed E-state index contributed by atoms with van der Waals surface area (Å²) in [5.74, 6) is -2.30. The lowest BCUT2D eigenvalue weighted by Gasteiger charge is -2.23. The fourth-order valence-corrected chi connectivity index (χ4v) is 4.97. The summed E-state index contributed by atoms with van der Waals surface area (Å²) in [6.45, 7) is 4.01. The molecule has 0 aliphatic heterocycles. The highest BCUT2D eigenvalue weighted by molar-refractivity contribution is 7.16. The molecule has 0 saturated heterocycles. The number of aromatic nitrogens is 1. The normalized spacial score (nSPS) is 26.2. The first kappa shape index (κ1) is 17.0. The van der Waals surface area contributed by atoms with Gasteiger partial charge in [-0.05, 0) is 32.1 Å². The molecule has 1 aromatic heterocycles.